The highest BCUT2D eigenvalue weighted by atomic mass is 16.3. The van der Waals surface area contributed by atoms with Gasteiger partial charge in [-0.15, -0.1) is 0 Å². The molecular weight excluding hydrogens is 256 g/mol. The number of nitrogens with one attached hydrogen (secondary N) is 1. The first-order valence-electron chi connectivity index (χ1n) is 6.29. The van der Waals surface area contributed by atoms with E-state index in [0.717, 1.165) is 0 Å². The molecule has 2 rings (SSSR count). The number of rotatable bonds is 3. The van der Waals surface area contributed by atoms with Crippen LogP contribution in [0.4, 0.5) is 5.69 Å². The Bertz CT molecular complexity index is 636. The van der Waals surface area contributed by atoms with Gasteiger partial charge in [-0.05, 0) is 19.9 Å². The van der Waals surface area contributed by atoms with Crippen LogP contribution in [0.2, 0.25) is 0 Å². The van der Waals surface area contributed by atoms with Crippen molar-refractivity contribution in [1.82, 2.24) is 15.1 Å². The minimum atomic E-state index is -0.292. The van der Waals surface area contributed by atoms with E-state index in [1.165, 1.54) is 4.90 Å². The topological polar surface area (TPSA) is 95.2 Å². The lowest BCUT2D eigenvalue weighted by molar-refractivity contribution is 0.0736. The van der Waals surface area contributed by atoms with Gasteiger partial charge >= 0.3 is 0 Å². The Labute approximate surface area is 117 Å². The molecule has 1 unspecified atom stereocenters. The van der Waals surface area contributed by atoms with Crippen molar-refractivity contribution >= 4 is 11.6 Å². The van der Waals surface area contributed by atoms with Gasteiger partial charge in [-0.3, -0.25) is 9.89 Å². The summed E-state index contributed by atoms with van der Waals surface area (Å²) in [5, 5.41) is 16.5. The number of benzene rings is 1. The van der Waals surface area contributed by atoms with Crippen LogP contribution in [0.1, 0.15) is 34.7 Å². The zero-order valence-corrected chi connectivity index (χ0v) is 11.7. The number of nitrogens with two attached hydrogens (primary N) is 1. The van der Waals surface area contributed by atoms with E-state index in [2.05, 4.69) is 10.2 Å². The van der Waals surface area contributed by atoms with Crippen LogP contribution in [0.25, 0.3) is 0 Å². The Kier molecular flexibility index (Phi) is 3.65. The second-order valence-corrected chi connectivity index (χ2v) is 4.76. The number of hydrogen-bond acceptors (Lipinski definition) is 4. The van der Waals surface area contributed by atoms with Gasteiger partial charge in [0.25, 0.3) is 5.91 Å². The molecule has 0 saturated heterocycles. The molecule has 20 heavy (non-hydrogen) atoms. The highest BCUT2D eigenvalue weighted by Gasteiger charge is 2.24. The summed E-state index contributed by atoms with van der Waals surface area (Å²) in [6, 6.07) is 6.64. The van der Waals surface area contributed by atoms with E-state index in [1.54, 1.807) is 32.2 Å². The number of anilines is 1. The Balaban J connectivity index is 2.27. The Morgan fingerprint density at radius 2 is 2.10 bits per heavy atom. The van der Waals surface area contributed by atoms with Gasteiger partial charge in [0.15, 0.2) is 5.69 Å². The quantitative estimate of drug-likeness (QED) is 0.795. The van der Waals surface area contributed by atoms with Crippen molar-refractivity contribution in [3.05, 3.63) is 41.2 Å². The highest BCUT2D eigenvalue weighted by Crippen LogP contribution is 2.28. The molecule has 1 amide bonds. The molecule has 1 atom stereocenters. The number of hydrogen-bond donors (Lipinski definition) is 3. The standard InChI is InChI=1S/C14H18N4O2/c1-8-12(15)13(17-16-8)14(20)18(3)9(2)10-6-4-5-7-11(10)19/h4-7,9,19H,15H2,1-3H3,(H,16,17). The summed E-state index contributed by atoms with van der Waals surface area (Å²) in [4.78, 5) is 13.9. The lowest BCUT2D eigenvalue weighted by Gasteiger charge is -2.25. The predicted molar refractivity (Wildman–Crippen MR) is 76.4 cm³/mol. The van der Waals surface area contributed by atoms with E-state index in [0.29, 0.717) is 16.9 Å². The molecule has 6 nitrogen and oxygen atoms in total. The summed E-state index contributed by atoms with van der Waals surface area (Å²) in [7, 11) is 1.66. The summed E-state index contributed by atoms with van der Waals surface area (Å²) >= 11 is 0. The van der Waals surface area contributed by atoms with Crippen LogP contribution >= 0.6 is 0 Å². The van der Waals surface area contributed by atoms with Crippen LogP contribution < -0.4 is 5.73 Å². The molecule has 0 aliphatic carbocycles. The number of aromatic nitrogens is 2. The second kappa shape index (κ2) is 5.24. The zero-order chi connectivity index (χ0) is 14.9. The van der Waals surface area contributed by atoms with Gasteiger partial charge in [0, 0.05) is 12.6 Å². The summed E-state index contributed by atoms with van der Waals surface area (Å²) in [5.74, 6) is -0.131. The first-order valence-corrected chi connectivity index (χ1v) is 6.29. The van der Waals surface area contributed by atoms with Crippen LogP contribution in [0, 0.1) is 6.92 Å². The molecule has 0 bridgehead atoms. The fourth-order valence-electron chi connectivity index (χ4n) is 1.99. The number of carbonyl (C=O) groups is 1. The third-order valence-electron chi connectivity index (χ3n) is 3.49. The first-order chi connectivity index (χ1) is 9.43. The average Bonchev–Trinajstić information content (AvgIpc) is 2.77. The molecular formula is C14H18N4O2. The minimum Gasteiger partial charge on any atom is -0.508 e. The van der Waals surface area contributed by atoms with Crippen LogP contribution in [-0.2, 0) is 0 Å². The number of aromatic hydroxyl groups is 1. The Morgan fingerprint density at radius 3 is 2.65 bits per heavy atom. The maximum absolute atomic E-state index is 12.4. The molecule has 1 aromatic heterocycles. The van der Waals surface area contributed by atoms with Gasteiger partial charge in [-0.25, -0.2) is 0 Å². The smallest absolute Gasteiger partial charge is 0.276 e. The van der Waals surface area contributed by atoms with Crippen LogP contribution in [0.3, 0.4) is 0 Å². The van der Waals surface area contributed by atoms with Crippen molar-refractivity contribution < 1.29 is 9.90 Å². The minimum absolute atomic E-state index is 0.158. The normalized spacial score (nSPS) is 12.2. The third kappa shape index (κ3) is 2.32. The molecule has 106 valence electrons. The molecule has 4 N–H and O–H groups in total. The number of aromatic amines is 1. The van der Waals surface area contributed by atoms with Crippen molar-refractivity contribution in [2.24, 2.45) is 0 Å². The number of amides is 1. The molecule has 1 aromatic carbocycles. The van der Waals surface area contributed by atoms with E-state index in [4.69, 9.17) is 5.73 Å². The molecule has 2 aromatic rings. The molecule has 0 aliphatic rings. The van der Waals surface area contributed by atoms with E-state index in [1.807, 2.05) is 13.0 Å². The van der Waals surface area contributed by atoms with Crippen molar-refractivity contribution in [1.29, 1.82) is 0 Å². The summed E-state index contributed by atoms with van der Waals surface area (Å²) in [5.41, 5.74) is 7.71. The maximum atomic E-state index is 12.4. The molecule has 1 heterocycles. The number of nitrogens with zero attached hydrogens (tertiary/aromatic N) is 2. The molecule has 0 aliphatic heterocycles. The zero-order valence-electron chi connectivity index (χ0n) is 11.7. The summed E-state index contributed by atoms with van der Waals surface area (Å²) in [6.07, 6.45) is 0. The van der Waals surface area contributed by atoms with Crippen LogP contribution in [-0.4, -0.2) is 33.2 Å². The lowest BCUT2D eigenvalue weighted by atomic mass is 10.1. The Morgan fingerprint density at radius 1 is 1.45 bits per heavy atom. The Hall–Kier alpha value is -2.50. The second-order valence-electron chi connectivity index (χ2n) is 4.76. The fraction of sp³-hybridized carbons (Fsp3) is 0.286. The van der Waals surface area contributed by atoms with Crippen molar-refractivity contribution in [3.63, 3.8) is 0 Å². The molecule has 6 heteroatoms. The third-order valence-corrected chi connectivity index (χ3v) is 3.49. The van der Waals surface area contributed by atoms with E-state index >= 15 is 0 Å². The molecule has 0 saturated carbocycles. The van der Waals surface area contributed by atoms with Gasteiger partial charge in [0.1, 0.15) is 5.75 Å². The number of para-hydroxylation sites is 1. The number of phenols is 1. The largest absolute Gasteiger partial charge is 0.508 e. The highest BCUT2D eigenvalue weighted by molar-refractivity contribution is 5.97. The van der Waals surface area contributed by atoms with Crippen molar-refractivity contribution in [3.8, 4) is 5.75 Å². The average molecular weight is 274 g/mol. The number of nitrogen functional groups attached to an aromatic ring is 1. The molecule has 0 fully saturated rings. The van der Waals surface area contributed by atoms with E-state index < -0.39 is 0 Å². The van der Waals surface area contributed by atoms with Crippen LogP contribution in [0.15, 0.2) is 24.3 Å². The van der Waals surface area contributed by atoms with E-state index in [9.17, 15) is 9.90 Å². The monoisotopic (exact) mass is 274 g/mol. The molecule has 0 spiro atoms. The first kappa shape index (κ1) is 13.9. The molecule has 0 radical (unpaired) electrons. The summed E-state index contributed by atoms with van der Waals surface area (Å²) in [6.45, 7) is 3.59. The van der Waals surface area contributed by atoms with Gasteiger partial charge in [-0.1, -0.05) is 18.2 Å². The summed E-state index contributed by atoms with van der Waals surface area (Å²) < 4.78 is 0. The van der Waals surface area contributed by atoms with Crippen molar-refractivity contribution in [2.45, 2.75) is 19.9 Å². The van der Waals surface area contributed by atoms with Gasteiger partial charge in [0.2, 0.25) is 0 Å². The van der Waals surface area contributed by atoms with Gasteiger partial charge in [0.05, 0.1) is 17.4 Å². The van der Waals surface area contributed by atoms with Crippen LogP contribution in [0.5, 0.6) is 5.75 Å². The fourth-order valence-corrected chi connectivity index (χ4v) is 1.99. The number of carbonyl (C=O) groups excluding carboxylic acids is 1. The van der Waals surface area contributed by atoms with Crippen molar-refractivity contribution in [2.75, 3.05) is 12.8 Å². The number of phenolic OH excluding ortho intramolecular Hbond substituents is 1. The number of H-pyrrole nitrogens is 1. The predicted octanol–water partition coefficient (Wildman–Crippen LogP) is 1.84. The SMILES string of the molecule is Cc1[nH]nc(C(=O)N(C)C(C)c2ccccc2O)c1N. The maximum Gasteiger partial charge on any atom is 0.276 e. The number of aryl methyl sites for hydroxylation is 1. The lowest BCUT2D eigenvalue weighted by Crippen LogP contribution is -2.30. The van der Waals surface area contributed by atoms with E-state index in [-0.39, 0.29) is 23.4 Å². The van der Waals surface area contributed by atoms with Gasteiger partial charge < -0.3 is 15.7 Å². The van der Waals surface area contributed by atoms with Gasteiger partial charge in [-0.2, -0.15) is 5.10 Å².